The van der Waals surface area contributed by atoms with Crippen LogP contribution in [0.4, 0.5) is 0 Å². The number of ether oxygens (including phenoxy) is 1. The summed E-state index contributed by atoms with van der Waals surface area (Å²) in [7, 11) is 1.75. The minimum atomic E-state index is 0.257. The van der Waals surface area contributed by atoms with Gasteiger partial charge in [-0.2, -0.15) is 0 Å². The van der Waals surface area contributed by atoms with Crippen molar-refractivity contribution in [3.8, 4) is 5.75 Å². The van der Waals surface area contributed by atoms with E-state index in [1.807, 2.05) is 17.4 Å². The molecule has 1 saturated heterocycles. The van der Waals surface area contributed by atoms with Crippen molar-refractivity contribution in [1.29, 1.82) is 0 Å². The number of thiophene rings is 1. The number of halogens is 1. The first-order valence-corrected chi connectivity index (χ1v) is 9.23. The largest absolute Gasteiger partial charge is 0.496 e. The van der Waals surface area contributed by atoms with Crippen molar-refractivity contribution in [3.63, 3.8) is 0 Å². The van der Waals surface area contributed by atoms with Crippen LogP contribution >= 0.6 is 27.3 Å². The van der Waals surface area contributed by atoms with Crippen molar-refractivity contribution in [2.24, 2.45) is 0 Å². The average molecular weight is 381 g/mol. The van der Waals surface area contributed by atoms with Gasteiger partial charge in [0.05, 0.1) is 16.9 Å². The van der Waals surface area contributed by atoms with Gasteiger partial charge in [0, 0.05) is 30.1 Å². The predicted molar refractivity (Wildman–Crippen MR) is 95.9 cm³/mol. The van der Waals surface area contributed by atoms with E-state index >= 15 is 0 Å². The third kappa shape index (κ3) is 3.54. The number of nitrogens with zero attached hydrogens (tertiary/aromatic N) is 1. The topological polar surface area (TPSA) is 24.5 Å². The van der Waals surface area contributed by atoms with E-state index in [1.54, 1.807) is 7.11 Å². The normalized spacial score (nSPS) is 17.9. The van der Waals surface area contributed by atoms with Crippen molar-refractivity contribution >= 4 is 27.3 Å². The van der Waals surface area contributed by atoms with E-state index in [4.69, 9.17) is 4.74 Å². The second-order valence-corrected chi connectivity index (χ2v) is 7.92. The molecule has 0 radical (unpaired) electrons. The number of para-hydroxylation sites is 1. The van der Waals surface area contributed by atoms with Crippen molar-refractivity contribution in [2.75, 3.05) is 33.3 Å². The molecule has 2 heterocycles. The second kappa shape index (κ2) is 7.59. The molecule has 1 atom stereocenters. The molecule has 2 aromatic rings. The Labute approximate surface area is 144 Å². The van der Waals surface area contributed by atoms with Gasteiger partial charge in [-0.15, -0.1) is 11.3 Å². The van der Waals surface area contributed by atoms with Gasteiger partial charge in [0.1, 0.15) is 5.75 Å². The zero-order chi connectivity index (χ0) is 15.4. The first kappa shape index (κ1) is 16.0. The van der Waals surface area contributed by atoms with Crippen LogP contribution in [0.5, 0.6) is 5.75 Å². The molecule has 1 fully saturated rings. The van der Waals surface area contributed by atoms with Gasteiger partial charge in [-0.3, -0.25) is 4.90 Å². The molecule has 0 saturated carbocycles. The summed E-state index contributed by atoms with van der Waals surface area (Å²) in [6.45, 7) is 4.30. The molecule has 3 rings (SSSR count). The maximum atomic E-state index is 5.63. The molecule has 1 aromatic carbocycles. The lowest BCUT2D eigenvalue weighted by atomic mass is 10.0. The van der Waals surface area contributed by atoms with E-state index in [2.05, 4.69) is 56.5 Å². The Hall–Kier alpha value is -0.880. The Morgan fingerprint density at radius 3 is 2.82 bits per heavy atom. The molecular formula is C17H21BrN2OS. The molecule has 1 unspecified atom stereocenters. The Kier molecular flexibility index (Phi) is 5.52. The third-order valence-electron chi connectivity index (χ3n) is 4.04. The second-order valence-electron chi connectivity index (χ2n) is 5.43. The number of hydrogen-bond acceptors (Lipinski definition) is 4. The van der Waals surface area contributed by atoms with E-state index in [0.29, 0.717) is 0 Å². The van der Waals surface area contributed by atoms with Crippen LogP contribution in [-0.4, -0.2) is 38.2 Å². The molecule has 1 aromatic heterocycles. The van der Waals surface area contributed by atoms with Crippen LogP contribution < -0.4 is 10.1 Å². The van der Waals surface area contributed by atoms with E-state index in [0.717, 1.165) is 31.9 Å². The highest BCUT2D eigenvalue weighted by Gasteiger charge is 2.26. The van der Waals surface area contributed by atoms with Gasteiger partial charge in [0.15, 0.2) is 0 Å². The number of rotatable bonds is 4. The molecule has 0 spiro atoms. The fourth-order valence-electron chi connectivity index (χ4n) is 3.02. The first-order chi connectivity index (χ1) is 10.8. The molecule has 1 N–H and O–H groups in total. The molecular weight excluding hydrogens is 360 g/mol. The van der Waals surface area contributed by atoms with Crippen LogP contribution in [0.15, 0.2) is 40.2 Å². The van der Waals surface area contributed by atoms with Gasteiger partial charge in [-0.1, -0.05) is 18.2 Å². The molecule has 0 bridgehead atoms. The minimum absolute atomic E-state index is 0.257. The summed E-state index contributed by atoms with van der Waals surface area (Å²) in [4.78, 5) is 3.93. The fourth-order valence-corrected chi connectivity index (χ4v) is 4.60. The first-order valence-electron chi connectivity index (χ1n) is 7.62. The maximum absolute atomic E-state index is 5.63. The highest BCUT2D eigenvalue weighted by Crippen LogP contribution is 2.39. The molecule has 0 aliphatic carbocycles. The monoisotopic (exact) mass is 380 g/mol. The summed E-state index contributed by atoms with van der Waals surface area (Å²) in [5, 5.41) is 3.49. The van der Waals surface area contributed by atoms with E-state index in [1.165, 1.54) is 20.6 Å². The van der Waals surface area contributed by atoms with E-state index < -0.39 is 0 Å². The minimum Gasteiger partial charge on any atom is -0.496 e. The zero-order valence-electron chi connectivity index (χ0n) is 12.7. The quantitative estimate of drug-likeness (QED) is 0.869. The predicted octanol–water partition coefficient (Wildman–Crippen LogP) is 3.90. The standard InChI is InChI=1S/C17H21BrN2OS/c1-21-14-6-3-2-5-13(14)17(15-7-8-16(18)22-15)20-11-4-9-19-10-12-20/h2-3,5-8,17,19H,4,9-12H2,1H3. The molecule has 1 aliphatic rings. The lowest BCUT2D eigenvalue weighted by Gasteiger charge is -2.31. The van der Waals surface area contributed by atoms with Gasteiger partial charge >= 0.3 is 0 Å². The third-order valence-corrected chi connectivity index (χ3v) is 5.71. The summed E-state index contributed by atoms with van der Waals surface area (Å²) >= 11 is 5.41. The SMILES string of the molecule is COc1ccccc1C(c1ccc(Br)s1)N1CCCNCC1. The lowest BCUT2D eigenvalue weighted by Crippen LogP contribution is -2.32. The van der Waals surface area contributed by atoms with Gasteiger partial charge < -0.3 is 10.1 Å². The summed E-state index contributed by atoms with van der Waals surface area (Å²) in [5.41, 5.74) is 1.25. The van der Waals surface area contributed by atoms with Crippen LogP contribution in [0.2, 0.25) is 0 Å². The lowest BCUT2D eigenvalue weighted by molar-refractivity contribution is 0.239. The summed E-state index contributed by atoms with van der Waals surface area (Å²) < 4.78 is 6.80. The van der Waals surface area contributed by atoms with Gasteiger partial charge in [0.25, 0.3) is 0 Å². The maximum Gasteiger partial charge on any atom is 0.124 e. The van der Waals surface area contributed by atoms with Gasteiger partial charge in [-0.25, -0.2) is 0 Å². The molecule has 1 aliphatic heterocycles. The molecule has 118 valence electrons. The molecule has 0 amide bonds. The summed E-state index contributed by atoms with van der Waals surface area (Å²) in [6.07, 6.45) is 1.18. The van der Waals surface area contributed by atoms with Crippen molar-refractivity contribution in [3.05, 3.63) is 50.6 Å². The van der Waals surface area contributed by atoms with Crippen molar-refractivity contribution in [1.82, 2.24) is 10.2 Å². The highest BCUT2D eigenvalue weighted by molar-refractivity contribution is 9.11. The summed E-state index contributed by atoms with van der Waals surface area (Å²) in [5.74, 6) is 0.967. The van der Waals surface area contributed by atoms with Crippen molar-refractivity contribution in [2.45, 2.75) is 12.5 Å². The smallest absolute Gasteiger partial charge is 0.124 e. The van der Waals surface area contributed by atoms with Crippen molar-refractivity contribution < 1.29 is 4.74 Å². The number of methoxy groups -OCH3 is 1. The Bertz CT molecular complexity index is 608. The summed E-state index contributed by atoms with van der Waals surface area (Å²) in [6, 6.07) is 13.0. The Morgan fingerprint density at radius 2 is 2.05 bits per heavy atom. The van der Waals surface area contributed by atoms with Crippen LogP contribution in [0, 0.1) is 0 Å². The van der Waals surface area contributed by atoms with Gasteiger partial charge in [-0.05, 0) is 47.1 Å². The average Bonchev–Trinajstić information content (AvgIpc) is 2.80. The van der Waals surface area contributed by atoms with E-state index in [-0.39, 0.29) is 6.04 Å². The van der Waals surface area contributed by atoms with E-state index in [9.17, 15) is 0 Å². The number of benzene rings is 1. The fraction of sp³-hybridized carbons (Fsp3) is 0.412. The Balaban J connectivity index is 2.01. The van der Waals surface area contributed by atoms with Crippen LogP contribution in [0.3, 0.4) is 0 Å². The molecule has 5 heteroatoms. The number of nitrogens with one attached hydrogen (secondary N) is 1. The van der Waals surface area contributed by atoms with Gasteiger partial charge in [0.2, 0.25) is 0 Å². The van der Waals surface area contributed by atoms with Crippen LogP contribution in [0.25, 0.3) is 0 Å². The molecule has 3 nitrogen and oxygen atoms in total. The van der Waals surface area contributed by atoms with Crippen LogP contribution in [-0.2, 0) is 0 Å². The Morgan fingerprint density at radius 1 is 1.18 bits per heavy atom. The number of hydrogen-bond donors (Lipinski definition) is 1. The highest BCUT2D eigenvalue weighted by atomic mass is 79.9. The van der Waals surface area contributed by atoms with Crippen LogP contribution in [0.1, 0.15) is 22.9 Å². The molecule has 22 heavy (non-hydrogen) atoms. The zero-order valence-corrected chi connectivity index (χ0v) is 15.1.